The molecule has 1 aromatic heterocycles. The standard InChI is InChI=1S/C10H16N2O3/c1-7-8(2)15-10(12-7)6-11-9(14)4-3-5-13/h13H,3-6H2,1-2H3,(H,11,14). The lowest BCUT2D eigenvalue weighted by Gasteiger charge is -2.00. The van der Waals surface area contributed by atoms with Crippen molar-refractivity contribution in [1.82, 2.24) is 10.3 Å². The highest BCUT2D eigenvalue weighted by Gasteiger charge is 2.06. The summed E-state index contributed by atoms with van der Waals surface area (Å²) in [4.78, 5) is 15.3. The summed E-state index contributed by atoms with van der Waals surface area (Å²) < 4.78 is 5.29. The van der Waals surface area contributed by atoms with Crippen molar-refractivity contribution in [2.45, 2.75) is 33.2 Å². The van der Waals surface area contributed by atoms with E-state index >= 15 is 0 Å². The van der Waals surface area contributed by atoms with Gasteiger partial charge >= 0.3 is 0 Å². The zero-order valence-electron chi connectivity index (χ0n) is 9.04. The Bertz CT molecular complexity index is 314. The van der Waals surface area contributed by atoms with Crippen LogP contribution in [0.3, 0.4) is 0 Å². The van der Waals surface area contributed by atoms with Crippen LogP contribution in [0.25, 0.3) is 0 Å². The molecule has 0 unspecified atom stereocenters. The summed E-state index contributed by atoms with van der Waals surface area (Å²) >= 11 is 0. The number of aryl methyl sites for hydroxylation is 2. The SMILES string of the molecule is Cc1nc(CNC(=O)CCCO)oc1C. The first kappa shape index (κ1) is 11.7. The Balaban J connectivity index is 2.33. The molecule has 1 heterocycles. The van der Waals surface area contributed by atoms with Crippen LogP contribution in [0.2, 0.25) is 0 Å². The molecule has 0 aliphatic rings. The number of nitrogens with one attached hydrogen (secondary N) is 1. The Kier molecular flexibility index (Phi) is 4.30. The Morgan fingerprint density at radius 2 is 2.27 bits per heavy atom. The van der Waals surface area contributed by atoms with Gasteiger partial charge in [0.25, 0.3) is 0 Å². The fourth-order valence-corrected chi connectivity index (χ4v) is 1.12. The van der Waals surface area contributed by atoms with Crippen molar-refractivity contribution in [2.24, 2.45) is 0 Å². The molecule has 0 aromatic carbocycles. The Morgan fingerprint density at radius 1 is 1.53 bits per heavy atom. The topological polar surface area (TPSA) is 75.4 Å². The van der Waals surface area contributed by atoms with Crippen LogP contribution in [0.15, 0.2) is 4.42 Å². The molecule has 0 atom stereocenters. The maximum atomic E-state index is 11.2. The van der Waals surface area contributed by atoms with E-state index in [1.807, 2.05) is 13.8 Å². The molecule has 1 amide bonds. The summed E-state index contributed by atoms with van der Waals surface area (Å²) in [6, 6.07) is 0. The molecule has 1 rings (SSSR count). The molecular weight excluding hydrogens is 196 g/mol. The number of rotatable bonds is 5. The minimum atomic E-state index is -0.0995. The summed E-state index contributed by atoms with van der Waals surface area (Å²) in [5.41, 5.74) is 0.842. The van der Waals surface area contributed by atoms with Crippen LogP contribution in [0.5, 0.6) is 0 Å². The second-order valence-corrected chi connectivity index (χ2v) is 3.35. The van der Waals surface area contributed by atoms with Crippen LogP contribution in [0, 0.1) is 13.8 Å². The van der Waals surface area contributed by atoms with Gasteiger partial charge in [-0.05, 0) is 20.3 Å². The van der Waals surface area contributed by atoms with Crippen molar-refractivity contribution >= 4 is 5.91 Å². The van der Waals surface area contributed by atoms with Gasteiger partial charge in [0.2, 0.25) is 11.8 Å². The average Bonchev–Trinajstić information content (AvgIpc) is 2.52. The summed E-state index contributed by atoms with van der Waals surface area (Å²) in [7, 11) is 0. The van der Waals surface area contributed by atoms with Crippen molar-refractivity contribution in [3.8, 4) is 0 Å². The van der Waals surface area contributed by atoms with Crippen molar-refractivity contribution in [3.63, 3.8) is 0 Å². The molecule has 0 spiro atoms. The summed E-state index contributed by atoms with van der Waals surface area (Å²) in [5.74, 6) is 1.19. The van der Waals surface area contributed by atoms with E-state index in [0.29, 0.717) is 25.3 Å². The van der Waals surface area contributed by atoms with Crippen LogP contribution in [0.4, 0.5) is 0 Å². The summed E-state index contributed by atoms with van der Waals surface area (Å²) in [5, 5.41) is 11.2. The van der Waals surface area contributed by atoms with Gasteiger partial charge < -0.3 is 14.8 Å². The van der Waals surface area contributed by atoms with E-state index in [-0.39, 0.29) is 12.5 Å². The molecular formula is C10H16N2O3. The molecule has 2 N–H and O–H groups in total. The third kappa shape index (κ3) is 3.71. The number of hydrogen-bond acceptors (Lipinski definition) is 4. The lowest BCUT2D eigenvalue weighted by molar-refractivity contribution is -0.121. The second kappa shape index (κ2) is 5.50. The summed E-state index contributed by atoms with van der Waals surface area (Å²) in [6.45, 7) is 4.03. The second-order valence-electron chi connectivity index (χ2n) is 3.35. The summed E-state index contributed by atoms with van der Waals surface area (Å²) in [6.07, 6.45) is 0.810. The van der Waals surface area contributed by atoms with Crippen LogP contribution < -0.4 is 5.32 Å². The highest BCUT2D eigenvalue weighted by Crippen LogP contribution is 2.07. The Labute approximate surface area is 88.5 Å². The van der Waals surface area contributed by atoms with E-state index < -0.39 is 0 Å². The Morgan fingerprint density at radius 3 is 2.80 bits per heavy atom. The molecule has 0 aliphatic heterocycles. The van der Waals surface area contributed by atoms with E-state index in [1.54, 1.807) is 0 Å². The van der Waals surface area contributed by atoms with Crippen molar-refractivity contribution in [3.05, 3.63) is 17.3 Å². The number of oxazole rings is 1. The predicted octanol–water partition coefficient (Wildman–Crippen LogP) is 0.680. The lowest BCUT2D eigenvalue weighted by atomic mass is 10.3. The van der Waals surface area contributed by atoms with E-state index in [2.05, 4.69) is 10.3 Å². The number of aliphatic hydroxyl groups excluding tert-OH is 1. The van der Waals surface area contributed by atoms with Gasteiger partial charge in [0.1, 0.15) is 5.76 Å². The first-order chi connectivity index (χ1) is 7.13. The molecule has 15 heavy (non-hydrogen) atoms. The number of amides is 1. The third-order valence-electron chi connectivity index (χ3n) is 2.07. The molecule has 0 aliphatic carbocycles. The molecule has 0 fully saturated rings. The normalized spacial score (nSPS) is 10.3. The maximum Gasteiger partial charge on any atom is 0.220 e. The smallest absolute Gasteiger partial charge is 0.220 e. The monoisotopic (exact) mass is 212 g/mol. The lowest BCUT2D eigenvalue weighted by Crippen LogP contribution is -2.22. The third-order valence-corrected chi connectivity index (χ3v) is 2.07. The molecule has 84 valence electrons. The first-order valence-corrected chi connectivity index (χ1v) is 4.94. The number of aromatic nitrogens is 1. The van der Waals surface area contributed by atoms with Gasteiger partial charge in [-0.3, -0.25) is 4.79 Å². The van der Waals surface area contributed by atoms with E-state index in [1.165, 1.54) is 0 Å². The van der Waals surface area contributed by atoms with Crippen LogP contribution >= 0.6 is 0 Å². The van der Waals surface area contributed by atoms with Crippen molar-refractivity contribution in [1.29, 1.82) is 0 Å². The van der Waals surface area contributed by atoms with Crippen LogP contribution in [0.1, 0.15) is 30.2 Å². The largest absolute Gasteiger partial charge is 0.444 e. The van der Waals surface area contributed by atoms with E-state index in [0.717, 1.165) is 11.5 Å². The van der Waals surface area contributed by atoms with Gasteiger partial charge in [-0.1, -0.05) is 0 Å². The van der Waals surface area contributed by atoms with Crippen molar-refractivity contribution < 1.29 is 14.3 Å². The number of carbonyl (C=O) groups excluding carboxylic acids is 1. The number of carbonyl (C=O) groups is 1. The highest BCUT2D eigenvalue weighted by atomic mass is 16.4. The fourth-order valence-electron chi connectivity index (χ4n) is 1.12. The quantitative estimate of drug-likeness (QED) is 0.752. The molecule has 0 bridgehead atoms. The zero-order valence-corrected chi connectivity index (χ0v) is 9.04. The van der Waals surface area contributed by atoms with Crippen LogP contribution in [-0.2, 0) is 11.3 Å². The molecule has 5 nitrogen and oxygen atoms in total. The highest BCUT2D eigenvalue weighted by molar-refractivity contribution is 5.75. The van der Waals surface area contributed by atoms with Gasteiger partial charge in [-0.25, -0.2) is 4.98 Å². The van der Waals surface area contributed by atoms with Gasteiger partial charge in [-0.2, -0.15) is 0 Å². The first-order valence-electron chi connectivity index (χ1n) is 4.94. The molecule has 1 aromatic rings. The minimum Gasteiger partial charge on any atom is -0.444 e. The maximum absolute atomic E-state index is 11.2. The average molecular weight is 212 g/mol. The zero-order chi connectivity index (χ0) is 11.3. The molecule has 0 saturated carbocycles. The minimum absolute atomic E-state index is 0.0324. The van der Waals surface area contributed by atoms with Crippen LogP contribution in [-0.4, -0.2) is 22.6 Å². The number of nitrogens with zero attached hydrogens (tertiary/aromatic N) is 1. The number of aliphatic hydroxyl groups is 1. The van der Waals surface area contributed by atoms with Gasteiger partial charge in [0.15, 0.2) is 0 Å². The Hall–Kier alpha value is -1.36. The fraction of sp³-hybridized carbons (Fsp3) is 0.600. The van der Waals surface area contributed by atoms with Gasteiger partial charge in [-0.15, -0.1) is 0 Å². The molecule has 0 radical (unpaired) electrons. The van der Waals surface area contributed by atoms with E-state index in [9.17, 15) is 4.79 Å². The molecule has 5 heteroatoms. The van der Waals surface area contributed by atoms with Gasteiger partial charge in [0, 0.05) is 13.0 Å². The van der Waals surface area contributed by atoms with E-state index in [4.69, 9.17) is 9.52 Å². The number of hydrogen-bond donors (Lipinski definition) is 2. The van der Waals surface area contributed by atoms with Gasteiger partial charge in [0.05, 0.1) is 12.2 Å². The predicted molar refractivity (Wildman–Crippen MR) is 54.1 cm³/mol. The molecule has 0 saturated heterocycles. The van der Waals surface area contributed by atoms with Crippen molar-refractivity contribution in [2.75, 3.05) is 6.61 Å².